The second kappa shape index (κ2) is 9.99. The van der Waals surface area contributed by atoms with Crippen molar-refractivity contribution in [3.05, 3.63) is 69.1 Å². The number of rotatable bonds is 6. The Balaban J connectivity index is 1.53. The first-order chi connectivity index (χ1) is 17.0. The molecule has 1 aliphatic rings. The Hall–Kier alpha value is -3.53. The fourth-order valence-corrected chi connectivity index (χ4v) is 4.61. The van der Waals surface area contributed by atoms with Crippen LogP contribution >= 0.6 is 23.2 Å². The van der Waals surface area contributed by atoms with Crippen molar-refractivity contribution >= 4 is 62.7 Å². The van der Waals surface area contributed by atoms with Gasteiger partial charge < -0.3 is 25.6 Å². The van der Waals surface area contributed by atoms with E-state index >= 15 is 0 Å². The first-order valence-corrected chi connectivity index (χ1v) is 11.8. The van der Waals surface area contributed by atoms with Crippen molar-refractivity contribution in [3.63, 3.8) is 0 Å². The fourth-order valence-electron chi connectivity index (χ4n) is 4.08. The van der Waals surface area contributed by atoms with Gasteiger partial charge in [0.05, 0.1) is 24.4 Å². The fraction of sp³-hybridized carbons (Fsp3) is 0.208. The number of hydrogen-bond acceptors (Lipinski definition) is 8. The van der Waals surface area contributed by atoms with Gasteiger partial charge in [0.1, 0.15) is 17.4 Å². The van der Waals surface area contributed by atoms with E-state index in [1.165, 1.54) is 0 Å². The van der Waals surface area contributed by atoms with Crippen molar-refractivity contribution in [2.24, 2.45) is 0 Å². The second-order valence-electron chi connectivity index (χ2n) is 8.05. The smallest absolute Gasteiger partial charge is 0.275 e. The van der Waals surface area contributed by atoms with Crippen LogP contribution in [0.1, 0.15) is 0 Å². The Morgan fingerprint density at radius 2 is 1.80 bits per heavy atom. The Labute approximate surface area is 211 Å². The second-order valence-corrected chi connectivity index (χ2v) is 8.92. The average Bonchev–Trinajstić information content (AvgIpc) is 2.84. The maximum absolute atomic E-state index is 12.7. The van der Waals surface area contributed by atoms with Gasteiger partial charge in [-0.15, -0.1) is 0 Å². The monoisotopic (exact) mass is 511 g/mol. The van der Waals surface area contributed by atoms with E-state index in [4.69, 9.17) is 27.9 Å². The van der Waals surface area contributed by atoms with Gasteiger partial charge in [-0.1, -0.05) is 23.2 Å². The number of fused-ring (bicyclic) bond motifs is 1. The molecule has 35 heavy (non-hydrogen) atoms. The molecule has 0 aliphatic carbocycles. The molecule has 5 rings (SSSR count). The summed E-state index contributed by atoms with van der Waals surface area (Å²) in [6, 6.07) is 12.8. The van der Waals surface area contributed by atoms with Gasteiger partial charge in [-0.05, 0) is 36.4 Å². The van der Waals surface area contributed by atoms with Gasteiger partial charge in [0, 0.05) is 59.1 Å². The Kier molecular flexibility index (Phi) is 6.63. The van der Waals surface area contributed by atoms with E-state index in [0.29, 0.717) is 49.6 Å². The highest BCUT2D eigenvalue weighted by atomic mass is 35.5. The van der Waals surface area contributed by atoms with Crippen molar-refractivity contribution in [3.8, 4) is 5.75 Å². The molecule has 0 saturated carbocycles. The number of nitrogens with one attached hydrogen (secondary N) is 4. The maximum Gasteiger partial charge on any atom is 0.275 e. The summed E-state index contributed by atoms with van der Waals surface area (Å²) in [5.41, 5.74) is 2.06. The van der Waals surface area contributed by atoms with Crippen molar-refractivity contribution in [1.29, 1.82) is 0 Å². The summed E-state index contributed by atoms with van der Waals surface area (Å²) < 4.78 is 5.67. The van der Waals surface area contributed by atoms with Crippen LogP contribution in [0.25, 0.3) is 10.8 Å². The van der Waals surface area contributed by atoms with Crippen LogP contribution in [0.2, 0.25) is 10.0 Å². The molecule has 2 aromatic carbocycles. The Morgan fingerprint density at radius 3 is 2.54 bits per heavy atom. The molecule has 0 amide bonds. The van der Waals surface area contributed by atoms with Gasteiger partial charge in [0.2, 0.25) is 0 Å². The quantitative estimate of drug-likeness (QED) is 0.299. The van der Waals surface area contributed by atoms with E-state index in [1.807, 2.05) is 18.2 Å². The van der Waals surface area contributed by atoms with Crippen molar-refractivity contribution < 1.29 is 4.74 Å². The number of aromatic nitrogens is 3. The number of nitrogens with zero attached hydrogens (tertiary/aromatic N) is 3. The van der Waals surface area contributed by atoms with Gasteiger partial charge in [0.15, 0.2) is 0 Å². The molecule has 4 aromatic rings. The molecular weight excluding hydrogens is 489 g/mol. The molecule has 1 saturated heterocycles. The van der Waals surface area contributed by atoms with E-state index in [1.54, 1.807) is 37.6 Å². The molecule has 3 heterocycles. The summed E-state index contributed by atoms with van der Waals surface area (Å²) >= 11 is 12.3. The van der Waals surface area contributed by atoms with Gasteiger partial charge in [-0.2, -0.15) is 5.10 Å². The minimum atomic E-state index is -0.355. The van der Waals surface area contributed by atoms with E-state index in [0.717, 1.165) is 31.9 Å². The number of anilines is 5. The van der Waals surface area contributed by atoms with E-state index < -0.39 is 0 Å². The standard InChI is InChI=1S/C24H23Cl2N7O2/c1-35-20-12-18(33-6-4-27-5-7-33)2-3-19(20)30-23-22-14(13-28-32-24(22)34)8-21(31-23)29-17-10-15(25)9-16(26)11-17/h2-3,8-13,27H,4-7H2,1H3,(H,32,34)(H2,29,30,31). The third-order valence-electron chi connectivity index (χ3n) is 5.70. The minimum Gasteiger partial charge on any atom is -0.494 e. The van der Waals surface area contributed by atoms with Crippen LogP contribution in [-0.2, 0) is 0 Å². The zero-order valence-electron chi connectivity index (χ0n) is 18.9. The van der Waals surface area contributed by atoms with Crippen LogP contribution in [-0.4, -0.2) is 48.5 Å². The van der Waals surface area contributed by atoms with Crippen molar-refractivity contribution in [1.82, 2.24) is 20.5 Å². The number of piperazine rings is 1. The van der Waals surface area contributed by atoms with Crippen LogP contribution in [0.5, 0.6) is 5.75 Å². The molecule has 0 radical (unpaired) electrons. The molecule has 11 heteroatoms. The number of pyridine rings is 1. The summed E-state index contributed by atoms with van der Waals surface area (Å²) in [5.74, 6) is 1.48. The SMILES string of the molecule is COc1cc(N2CCNCC2)ccc1Nc1nc(Nc2cc(Cl)cc(Cl)c2)cc2cn[nH]c(=O)c12. The lowest BCUT2D eigenvalue weighted by Gasteiger charge is -2.30. The molecule has 0 bridgehead atoms. The number of ether oxygens (including phenoxy) is 1. The molecule has 1 fully saturated rings. The lowest BCUT2D eigenvalue weighted by atomic mass is 10.2. The Morgan fingerprint density at radius 1 is 1.03 bits per heavy atom. The van der Waals surface area contributed by atoms with Crippen molar-refractivity contribution in [2.45, 2.75) is 0 Å². The van der Waals surface area contributed by atoms with Crippen LogP contribution in [0.3, 0.4) is 0 Å². The number of methoxy groups -OCH3 is 1. The average molecular weight is 512 g/mol. The van der Waals surface area contributed by atoms with Gasteiger partial charge in [-0.25, -0.2) is 10.1 Å². The van der Waals surface area contributed by atoms with E-state index in [9.17, 15) is 4.79 Å². The van der Waals surface area contributed by atoms with E-state index in [2.05, 4.69) is 36.0 Å². The first-order valence-electron chi connectivity index (χ1n) is 11.0. The molecule has 1 aliphatic heterocycles. The molecule has 0 atom stereocenters. The lowest BCUT2D eigenvalue weighted by molar-refractivity contribution is 0.416. The highest BCUT2D eigenvalue weighted by Gasteiger charge is 2.16. The van der Waals surface area contributed by atoms with Crippen LogP contribution in [0, 0.1) is 0 Å². The Bertz CT molecular complexity index is 1420. The molecule has 2 aromatic heterocycles. The normalized spacial score (nSPS) is 13.6. The zero-order valence-corrected chi connectivity index (χ0v) is 20.4. The molecule has 9 nitrogen and oxygen atoms in total. The summed E-state index contributed by atoms with van der Waals surface area (Å²) in [5, 5.41) is 18.2. The van der Waals surface area contributed by atoms with Crippen LogP contribution < -0.4 is 31.1 Å². The number of hydrogen-bond donors (Lipinski definition) is 4. The first kappa shape index (κ1) is 23.2. The molecule has 0 unspecified atom stereocenters. The predicted octanol–water partition coefficient (Wildman–Crippen LogP) is 4.53. The third kappa shape index (κ3) is 5.12. The minimum absolute atomic E-state index is 0.355. The molecular formula is C24H23Cl2N7O2. The zero-order chi connectivity index (χ0) is 24.4. The van der Waals surface area contributed by atoms with Gasteiger partial charge in [0.25, 0.3) is 5.56 Å². The van der Waals surface area contributed by atoms with Gasteiger partial charge in [-0.3, -0.25) is 4.79 Å². The summed E-state index contributed by atoms with van der Waals surface area (Å²) in [7, 11) is 1.62. The molecule has 0 spiro atoms. The number of halogens is 2. The summed E-state index contributed by atoms with van der Waals surface area (Å²) in [4.78, 5) is 19.6. The maximum atomic E-state index is 12.7. The summed E-state index contributed by atoms with van der Waals surface area (Å²) in [6.07, 6.45) is 1.57. The van der Waals surface area contributed by atoms with Crippen LogP contribution in [0.4, 0.5) is 28.7 Å². The van der Waals surface area contributed by atoms with Gasteiger partial charge >= 0.3 is 0 Å². The third-order valence-corrected chi connectivity index (χ3v) is 6.14. The number of benzene rings is 2. The van der Waals surface area contributed by atoms with E-state index in [-0.39, 0.29) is 5.56 Å². The predicted molar refractivity (Wildman–Crippen MR) is 141 cm³/mol. The highest BCUT2D eigenvalue weighted by molar-refractivity contribution is 6.35. The highest BCUT2D eigenvalue weighted by Crippen LogP contribution is 2.34. The number of H-pyrrole nitrogens is 1. The lowest BCUT2D eigenvalue weighted by Crippen LogP contribution is -2.43. The topological polar surface area (TPSA) is 107 Å². The molecule has 180 valence electrons. The number of aromatic amines is 1. The molecule has 4 N–H and O–H groups in total. The largest absolute Gasteiger partial charge is 0.494 e. The van der Waals surface area contributed by atoms with Crippen LogP contribution in [0.15, 0.2) is 53.5 Å². The van der Waals surface area contributed by atoms with Crippen molar-refractivity contribution in [2.75, 3.05) is 48.8 Å². The summed E-state index contributed by atoms with van der Waals surface area (Å²) in [6.45, 7) is 3.72.